The Labute approximate surface area is 145 Å². The van der Waals surface area contributed by atoms with E-state index in [0.29, 0.717) is 6.54 Å². The van der Waals surface area contributed by atoms with E-state index in [-0.39, 0.29) is 0 Å². The summed E-state index contributed by atoms with van der Waals surface area (Å²) in [7, 11) is 1.92. The van der Waals surface area contributed by atoms with Crippen LogP contribution in [0.1, 0.15) is 13.3 Å². The molecule has 3 aromatic rings. The molecule has 0 fully saturated rings. The topological polar surface area (TPSA) is 68.8 Å². The largest absolute Gasteiger partial charge is 0.334 e. The summed E-state index contributed by atoms with van der Waals surface area (Å²) < 4.78 is 1.81. The van der Waals surface area contributed by atoms with Crippen LogP contribution in [-0.4, -0.2) is 21.3 Å². The van der Waals surface area contributed by atoms with Crippen molar-refractivity contribution < 1.29 is 0 Å². The van der Waals surface area contributed by atoms with E-state index in [1.807, 2.05) is 25.4 Å². The van der Waals surface area contributed by atoms with E-state index < -0.39 is 0 Å². The molecule has 0 atom stereocenters. The lowest BCUT2D eigenvalue weighted by Gasteiger charge is -2.05. The number of allylic oxidation sites excluding steroid dienone is 1. The zero-order valence-corrected chi connectivity index (χ0v) is 14.7. The molecule has 2 aromatic heterocycles. The molecule has 0 bridgehead atoms. The molecule has 3 rings (SSSR count). The number of nitrogens with zero attached hydrogens (tertiary/aromatic N) is 3. The van der Waals surface area contributed by atoms with Crippen LogP contribution in [0.15, 0.2) is 53.7 Å². The zero-order chi connectivity index (χ0) is 16.9. The highest BCUT2D eigenvalue weighted by Gasteiger charge is 2.08. The van der Waals surface area contributed by atoms with Crippen LogP contribution in [0.3, 0.4) is 0 Å². The van der Waals surface area contributed by atoms with Gasteiger partial charge in [0, 0.05) is 42.0 Å². The Kier molecular flexibility index (Phi) is 5.08. The van der Waals surface area contributed by atoms with Gasteiger partial charge in [-0.1, -0.05) is 31.2 Å². The summed E-state index contributed by atoms with van der Waals surface area (Å²) in [6, 6.07) is 10.3. The minimum Gasteiger partial charge on any atom is -0.334 e. The molecule has 0 spiro atoms. The number of rotatable bonds is 6. The second-order valence-electron chi connectivity index (χ2n) is 5.46. The number of hydrogen-bond acceptors (Lipinski definition) is 5. The first-order valence-electron chi connectivity index (χ1n) is 7.91. The standard InChI is InChI=1S/C18H21N5S/c1-3-5-15(11-19)20-18-21-17(12-24-18)14-7-4-6-13(10-14)16-8-9-23(2)22-16/h4-10,12H,3,11,19H2,1-2H3,(H,20,21)/b15-5-. The molecule has 0 aliphatic heterocycles. The third kappa shape index (κ3) is 3.72. The number of benzene rings is 1. The number of aromatic nitrogens is 3. The van der Waals surface area contributed by atoms with Crippen LogP contribution >= 0.6 is 11.3 Å². The van der Waals surface area contributed by atoms with Gasteiger partial charge in [-0.05, 0) is 18.6 Å². The maximum Gasteiger partial charge on any atom is 0.187 e. The van der Waals surface area contributed by atoms with Crippen molar-refractivity contribution in [1.29, 1.82) is 0 Å². The van der Waals surface area contributed by atoms with Gasteiger partial charge in [-0.2, -0.15) is 5.10 Å². The zero-order valence-electron chi connectivity index (χ0n) is 13.9. The van der Waals surface area contributed by atoms with Gasteiger partial charge >= 0.3 is 0 Å². The fraction of sp³-hybridized carbons (Fsp3) is 0.222. The molecular weight excluding hydrogens is 318 g/mol. The molecule has 0 unspecified atom stereocenters. The van der Waals surface area contributed by atoms with E-state index in [4.69, 9.17) is 5.73 Å². The van der Waals surface area contributed by atoms with Crippen LogP contribution in [0, 0.1) is 0 Å². The van der Waals surface area contributed by atoms with Crippen LogP contribution < -0.4 is 11.1 Å². The highest BCUT2D eigenvalue weighted by Crippen LogP contribution is 2.28. The van der Waals surface area contributed by atoms with E-state index in [1.54, 1.807) is 16.0 Å². The van der Waals surface area contributed by atoms with Gasteiger partial charge in [0.15, 0.2) is 5.13 Å². The summed E-state index contributed by atoms with van der Waals surface area (Å²) in [4.78, 5) is 4.68. The average Bonchev–Trinajstić information content (AvgIpc) is 3.24. The first kappa shape index (κ1) is 16.4. The number of aryl methyl sites for hydroxylation is 1. The van der Waals surface area contributed by atoms with E-state index in [1.165, 1.54) is 0 Å². The molecule has 5 nitrogen and oxygen atoms in total. The van der Waals surface area contributed by atoms with Gasteiger partial charge in [-0.3, -0.25) is 4.68 Å². The van der Waals surface area contributed by atoms with Crippen molar-refractivity contribution in [3.8, 4) is 22.5 Å². The van der Waals surface area contributed by atoms with Gasteiger partial charge < -0.3 is 11.1 Å². The first-order valence-corrected chi connectivity index (χ1v) is 8.79. The third-order valence-electron chi connectivity index (χ3n) is 3.61. The first-order chi connectivity index (χ1) is 11.7. The van der Waals surface area contributed by atoms with E-state index in [0.717, 1.165) is 39.8 Å². The normalized spacial score (nSPS) is 11.7. The number of anilines is 1. The lowest BCUT2D eigenvalue weighted by molar-refractivity contribution is 0.771. The molecule has 124 valence electrons. The van der Waals surface area contributed by atoms with Crippen molar-refractivity contribution in [3.63, 3.8) is 0 Å². The van der Waals surface area contributed by atoms with Crippen LogP contribution in [0.25, 0.3) is 22.5 Å². The number of nitrogens with one attached hydrogen (secondary N) is 1. The van der Waals surface area contributed by atoms with Gasteiger partial charge in [0.2, 0.25) is 0 Å². The molecule has 3 N–H and O–H groups in total. The monoisotopic (exact) mass is 339 g/mol. The third-order valence-corrected chi connectivity index (χ3v) is 4.37. The summed E-state index contributed by atoms with van der Waals surface area (Å²) in [5.41, 5.74) is 10.8. The molecule has 1 aromatic carbocycles. The van der Waals surface area contributed by atoms with Crippen LogP contribution in [0.4, 0.5) is 5.13 Å². The molecule has 0 saturated carbocycles. The molecule has 6 heteroatoms. The number of hydrogen-bond donors (Lipinski definition) is 2. The maximum absolute atomic E-state index is 5.75. The van der Waals surface area contributed by atoms with Crippen molar-refractivity contribution >= 4 is 16.5 Å². The number of nitrogens with two attached hydrogens (primary N) is 1. The molecule has 0 aliphatic rings. The Morgan fingerprint density at radius 2 is 2.08 bits per heavy atom. The van der Waals surface area contributed by atoms with Crippen LogP contribution in [-0.2, 0) is 7.05 Å². The maximum atomic E-state index is 5.75. The Morgan fingerprint density at radius 3 is 2.75 bits per heavy atom. The SMILES string of the molecule is CC/C=C(/CN)Nc1nc(-c2cccc(-c3ccn(C)n3)c2)cs1. The second-order valence-corrected chi connectivity index (χ2v) is 6.32. The second kappa shape index (κ2) is 7.42. The van der Waals surface area contributed by atoms with Crippen LogP contribution in [0.2, 0.25) is 0 Å². The molecular formula is C18H21N5S. The quantitative estimate of drug-likeness (QED) is 0.715. The van der Waals surface area contributed by atoms with E-state index in [2.05, 4.69) is 52.0 Å². The Balaban J connectivity index is 1.84. The molecule has 0 saturated heterocycles. The summed E-state index contributed by atoms with van der Waals surface area (Å²) in [6.07, 6.45) is 4.98. The van der Waals surface area contributed by atoms with Gasteiger partial charge in [0.05, 0.1) is 11.4 Å². The minimum atomic E-state index is 0.484. The smallest absolute Gasteiger partial charge is 0.187 e. The van der Waals surface area contributed by atoms with Crippen molar-refractivity contribution in [3.05, 3.63) is 53.7 Å². The van der Waals surface area contributed by atoms with E-state index in [9.17, 15) is 0 Å². The van der Waals surface area contributed by atoms with Crippen molar-refractivity contribution in [2.24, 2.45) is 12.8 Å². The highest BCUT2D eigenvalue weighted by atomic mass is 32.1. The van der Waals surface area contributed by atoms with E-state index >= 15 is 0 Å². The van der Waals surface area contributed by atoms with Crippen LogP contribution in [0.5, 0.6) is 0 Å². The fourth-order valence-corrected chi connectivity index (χ4v) is 3.19. The summed E-state index contributed by atoms with van der Waals surface area (Å²) in [5.74, 6) is 0. The van der Waals surface area contributed by atoms with Crippen molar-refractivity contribution in [2.45, 2.75) is 13.3 Å². The summed E-state index contributed by atoms with van der Waals surface area (Å²) in [5, 5.41) is 10.7. The minimum absolute atomic E-state index is 0.484. The predicted molar refractivity (Wildman–Crippen MR) is 101 cm³/mol. The lowest BCUT2D eigenvalue weighted by atomic mass is 10.1. The predicted octanol–water partition coefficient (Wildman–Crippen LogP) is 3.88. The van der Waals surface area contributed by atoms with Crippen molar-refractivity contribution in [1.82, 2.24) is 14.8 Å². The Hall–Kier alpha value is -2.44. The number of thiazole rings is 1. The Morgan fingerprint density at radius 1 is 1.29 bits per heavy atom. The highest BCUT2D eigenvalue weighted by molar-refractivity contribution is 7.14. The fourth-order valence-electron chi connectivity index (χ4n) is 2.44. The Bertz CT molecular complexity index is 846. The molecule has 0 radical (unpaired) electrons. The average molecular weight is 339 g/mol. The molecule has 24 heavy (non-hydrogen) atoms. The summed E-state index contributed by atoms with van der Waals surface area (Å²) in [6.45, 7) is 2.58. The van der Waals surface area contributed by atoms with Gasteiger partial charge in [-0.25, -0.2) is 4.98 Å². The van der Waals surface area contributed by atoms with Gasteiger partial charge in [-0.15, -0.1) is 11.3 Å². The lowest BCUT2D eigenvalue weighted by Crippen LogP contribution is -2.11. The summed E-state index contributed by atoms with van der Waals surface area (Å²) >= 11 is 1.58. The van der Waals surface area contributed by atoms with Gasteiger partial charge in [0.1, 0.15) is 0 Å². The van der Waals surface area contributed by atoms with Gasteiger partial charge in [0.25, 0.3) is 0 Å². The van der Waals surface area contributed by atoms with Crippen molar-refractivity contribution in [2.75, 3.05) is 11.9 Å². The molecule has 0 amide bonds. The molecule has 0 aliphatic carbocycles. The molecule has 2 heterocycles.